The zero-order valence-corrected chi connectivity index (χ0v) is 11.4. The van der Waals surface area contributed by atoms with E-state index in [1.807, 2.05) is 25.1 Å². The normalized spacial score (nSPS) is 32.6. The van der Waals surface area contributed by atoms with E-state index >= 15 is 0 Å². The maximum atomic E-state index is 12.4. The average molecular weight is 268 g/mol. The van der Waals surface area contributed by atoms with Gasteiger partial charge in [-0.05, 0) is 37.4 Å². The molecule has 1 aromatic carbocycles. The minimum absolute atomic E-state index is 0.184. The number of hydrogen-bond donors (Lipinski definition) is 2. The molecule has 0 spiro atoms. The van der Waals surface area contributed by atoms with E-state index in [2.05, 4.69) is 5.32 Å². The molecule has 0 unspecified atom stereocenters. The van der Waals surface area contributed by atoms with E-state index in [4.69, 9.17) is 11.6 Å². The second-order valence-corrected chi connectivity index (χ2v) is 5.47. The standard InChI is InChI=1S/C14H18ClNO2/c1-9-7-12(17)13(18)14(8-9,16-2)10-5-3-4-6-11(10)15/h3-6,9,12,16-17H,7-8H2,1-2H3/t9-,12+,14+/m1/s1. The molecule has 3 nitrogen and oxygen atoms in total. The van der Waals surface area contributed by atoms with E-state index in [1.165, 1.54) is 0 Å². The van der Waals surface area contributed by atoms with Gasteiger partial charge < -0.3 is 10.4 Å². The lowest BCUT2D eigenvalue weighted by Gasteiger charge is -2.41. The highest BCUT2D eigenvalue weighted by molar-refractivity contribution is 6.31. The van der Waals surface area contributed by atoms with Gasteiger partial charge in [0.25, 0.3) is 0 Å². The zero-order chi connectivity index (χ0) is 13.3. The van der Waals surface area contributed by atoms with Gasteiger partial charge in [-0.2, -0.15) is 0 Å². The maximum Gasteiger partial charge on any atom is 0.185 e. The minimum atomic E-state index is -0.919. The summed E-state index contributed by atoms with van der Waals surface area (Å²) in [6.07, 6.45) is 0.257. The molecule has 1 aliphatic carbocycles. The molecule has 1 fully saturated rings. The number of halogens is 1. The molecule has 98 valence electrons. The summed E-state index contributed by atoms with van der Waals surface area (Å²) < 4.78 is 0. The Labute approximate surface area is 112 Å². The fraction of sp³-hybridized carbons (Fsp3) is 0.500. The number of carbonyl (C=O) groups excluding carboxylic acids is 1. The Morgan fingerprint density at radius 2 is 2.11 bits per heavy atom. The number of aliphatic hydroxyl groups is 1. The molecule has 0 aliphatic heterocycles. The summed E-state index contributed by atoms with van der Waals surface area (Å²) >= 11 is 6.21. The third-order valence-corrected chi connectivity index (χ3v) is 4.09. The lowest BCUT2D eigenvalue weighted by atomic mass is 9.70. The lowest BCUT2D eigenvalue weighted by Crippen LogP contribution is -2.56. The van der Waals surface area contributed by atoms with E-state index in [0.717, 1.165) is 5.56 Å². The van der Waals surface area contributed by atoms with Crippen molar-refractivity contribution in [1.29, 1.82) is 0 Å². The fourth-order valence-electron chi connectivity index (χ4n) is 2.89. The van der Waals surface area contributed by atoms with Crippen molar-refractivity contribution in [2.24, 2.45) is 5.92 Å². The Morgan fingerprint density at radius 1 is 1.44 bits per heavy atom. The van der Waals surface area contributed by atoms with Crippen LogP contribution in [-0.2, 0) is 10.3 Å². The SMILES string of the molecule is CN[C@]1(c2ccccc2Cl)C[C@H](C)C[C@H](O)C1=O. The van der Waals surface area contributed by atoms with Gasteiger partial charge in [0.2, 0.25) is 0 Å². The summed E-state index contributed by atoms with van der Waals surface area (Å²) in [6, 6.07) is 7.32. The van der Waals surface area contributed by atoms with Crippen LogP contribution in [0.15, 0.2) is 24.3 Å². The van der Waals surface area contributed by atoms with Crippen molar-refractivity contribution in [3.63, 3.8) is 0 Å². The monoisotopic (exact) mass is 267 g/mol. The summed E-state index contributed by atoms with van der Waals surface area (Å²) in [5.41, 5.74) is -0.111. The summed E-state index contributed by atoms with van der Waals surface area (Å²) in [5.74, 6) is 0.0811. The smallest absolute Gasteiger partial charge is 0.185 e. The van der Waals surface area contributed by atoms with Crippen molar-refractivity contribution in [2.75, 3.05) is 7.05 Å². The van der Waals surface area contributed by atoms with Crippen molar-refractivity contribution in [3.05, 3.63) is 34.9 Å². The van der Waals surface area contributed by atoms with Crippen LogP contribution in [0.4, 0.5) is 0 Å². The van der Waals surface area contributed by atoms with E-state index in [1.54, 1.807) is 13.1 Å². The molecule has 2 rings (SSSR count). The number of rotatable bonds is 2. The quantitative estimate of drug-likeness (QED) is 0.863. The van der Waals surface area contributed by atoms with E-state index < -0.39 is 11.6 Å². The molecular formula is C14H18ClNO2. The van der Waals surface area contributed by atoms with Crippen molar-refractivity contribution in [1.82, 2.24) is 5.32 Å². The third kappa shape index (κ3) is 2.07. The molecule has 1 saturated carbocycles. The van der Waals surface area contributed by atoms with Gasteiger partial charge >= 0.3 is 0 Å². The second-order valence-electron chi connectivity index (χ2n) is 5.06. The Bertz CT molecular complexity index is 463. The molecular weight excluding hydrogens is 250 g/mol. The number of Topliss-reactive ketones (excluding diaryl/α,β-unsaturated/α-hetero) is 1. The Hall–Kier alpha value is -0.900. The molecule has 0 saturated heterocycles. The van der Waals surface area contributed by atoms with Crippen LogP contribution in [0.25, 0.3) is 0 Å². The van der Waals surface area contributed by atoms with E-state index in [0.29, 0.717) is 17.9 Å². The highest BCUT2D eigenvalue weighted by atomic mass is 35.5. The lowest BCUT2D eigenvalue weighted by molar-refractivity contribution is -0.139. The van der Waals surface area contributed by atoms with Gasteiger partial charge in [-0.25, -0.2) is 0 Å². The number of benzene rings is 1. The first kappa shape index (κ1) is 13.5. The summed E-state index contributed by atoms with van der Waals surface area (Å²) in [6.45, 7) is 2.04. The fourth-order valence-corrected chi connectivity index (χ4v) is 3.19. The second kappa shape index (κ2) is 5.00. The van der Waals surface area contributed by atoms with Crippen LogP contribution < -0.4 is 5.32 Å². The molecule has 1 aliphatic rings. The highest BCUT2D eigenvalue weighted by Crippen LogP contribution is 2.40. The number of likely N-dealkylation sites (N-methyl/N-ethyl adjacent to an activating group) is 1. The highest BCUT2D eigenvalue weighted by Gasteiger charge is 2.47. The maximum absolute atomic E-state index is 12.4. The van der Waals surface area contributed by atoms with Gasteiger partial charge in [0, 0.05) is 5.02 Å². The predicted octanol–water partition coefficient (Wildman–Crippen LogP) is 2.11. The van der Waals surface area contributed by atoms with Gasteiger partial charge in [0.15, 0.2) is 5.78 Å². The summed E-state index contributed by atoms with van der Waals surface area (Å²) in [7, 11) is 1.74. The topological polar surface area (TPSA) is 49.3 Å². The number of hydrogen-bond acceptors (Lipinski definition) is 3. The van der Waals surface area contributed by atoms with Crippen molar-refractivity contribution >= 4 is 17.4 Å². The molecule has 18 heavy (non-hydrogen) atoms. The van der Waals surface area contributed by atoms with Crippen molar-refractivity contribution < 1.29 is 9.90 Å². The zero-order valence-electron chi connectivity index (χ0n) is 10.6. The average Bonchev–Trinajstić information content (AvgIpc) is 2.34. The van der Waals surface area contributed by atoms with Crippen LogP contribution in [0.3, 0.4) is 0 Å². The molecule has 4 heteroatoms. The number of carbonyl (C=O) groups is 1. The van der Waals surface area contributed by atoms with Crippen LogP contribution in [0.2, 0.25) is 5.02 Å². The Morgan fingerprint density at radius 3 is 2.72 bits per heavy atom. The van der Waals surface area contributed by atoms with Crippen LogP contribution in [-0.4, -0.2) is 24.0 Å². The van der Waals surface area contributed by atoms with Crippen LogP contribution >= 0.6 is 11.6 Å². The first-order valence-electron chi connectivity index (χ1n) is 6.17. The number of nitrogens with one attached hydrogen (secondary N) is 1. The summed E-state index contributed by atoms with van der Waals surface area (Å²) in [5, 5.41) is 13.6. The van der Waals surface area contributed by atoms with Gasteiger partial charge in [0.1, 0.15) is 11.6 Å². The van der Waals surface area contributed by atoms with Crippen LogP contribution in [0.1, 0.15) is 25.3 Å². The van der Waals surface area contributed by atoms with Crippen LogP contribution in [0, 0.1) is 5.92 Å². The summed E-state index contributed by atoms with van der Waals surface area (Å²) in [4.78, 5) is 12.4. The van der Waals surface area contributed by atoms with Gasteiger partial charge in [0.05, 0.1) is 0 Å². The molecule has 2 N–H and O–H groups in total. The van der Waals surface area contributed by atoms with Gasteiger partial charge in [-0.1, -0.05) is 36.7 Å². The van der Waals surface area contributed by atoms with E-state index in [9.17, 15) is 9.90 Å². The Kier molecular flexibility index (Phi) is 3.76. The third-order valence-electron chi connectivity index (χ3n) is 3.76. The van der Waals surface area contributed by atoms with Crippen LogP contribution in [0.5, 0.6) is 0 Å². The molecule has 0 bridgehead atoms. The molecule has 0 amide bonds. The van der Waals surface area contributed by atoms with E-state index in [-0.39, 0.29) is 11.7 Å². The minimum Gasteiger partial charge on any atom is -0.385 e. The predicted molar refractivity (Wildman–Crippen MR) is 71.6 cm³/mol. The largest absolute Gasteiger partial charge is 0.385 e. The molecule has 0 aromatic heterocycles. The first-order chi connectivity index (χ1) is 8.51. The number of aliphatic hydroxyl groups excluding tert-OH is 1. The Balaban J connectivity index is 2.53. The molecule has 0 heterocycles. The van der Waals surface area contributed by atoms with Gasteiger partial charge in [-0.3, -0.25) is 4.79 Å². The molecule has 3 atom stereocenters. The van der Waals surface area contributed by atoms with Crippen molar-refractivity contribution in [3.8, 4) is 0 Å². The molecule has 0 radical (unpaired) electrons. The van der Waals surface area contributed by atoms with Crippen molar-refractivity contribution in [2.45, 2.75) is 31.4 Å². The number of ketones is 1. The van der Waals surface area contributed by atoms with Gasteiger partial charge in [-0.15, -0.1) is 0 Å². The molecule has 1 aromatic rings. The first-order valence-corrected chi connectivity index (χ1v) is 6.55.